The maximum atomic E-state index is 12.7. The lowest BCUT2D eigenvalue weighted by atomic mass is 9.83. The number of carbonyl (C=O) groups is 1. The molecule has 0 heterocycles. The molecule has 0 atom stereocenters. The first kappa shape index (κ1) is 21.2. The molecular formula is C16H20N4O5S2. The van der Waals surface area contributed by atoms with Crippen LogP contribution in [0.5, 0.6) is 0 Å². The number of nitro benzene ring substituents is 1. The van der Waals surface area contributed by atoms with Gasteiger partial charge in [0, 0.05) is 6.07 Å². The number of thioether (sulfide) groups is 1. The van der Waals surface area contributed by atoms with E-state index in [0.29, 0.717) is 12.8 Å². The average Bonchev–Trinajstić information content (AvgIpc) is 2.66. The lowest BCUT2D eigenvalue weighted by molar-refractivity contribution is -0.388. The number of sulfonamides is 1. The Balaban J connectivity index is 2.31. The summed E-state index contributed by atoms with van der Waals surface area (Å²) in [5.74, 6) is 6.88. The van der Waals surface area contributed by atoms with Crippen molar-refractivity contribution in [2.75, 3.05) is 5.75 Å². The summed E-state index contributed by atoms with van der Waals surface area (Å²) in [7, 11) is -4.04. The highest BCUT2D eigenvalue weighted by molar-refractivity contribution is 8.00. The predicted octanol–water partition coefficient (Wildman–Crippen LogP) is 1.29. The molecule has 11 heteroatoms. The molecule has 9 nitrogen and oxygen atoms in total. The SMILES string of the molecule is C#CC1(NS(=O)(=O)c2ccc(SCC(=O)NN)c([N+](=O)[O-])c2)CCCCC1. The number of nitrogens with zero attached hydrogens (tertiary/aromatic N) is 1. The van der Waals surface area contributed by atoms with Gasteiger partial charge >= 0.3 is 0 Å². The minimum absolute atomic E-state index is 0.137. The third-order valence-electron chi connectivity index (χ3n) is 4.27. The van der Waals surface area contributed by atoms with Crippen LogP contribution in [-0.4, -0.2) is 30.5 Å². The normalized spacial score (nSPS) is 16.3. The molecule has 0 saturated heterocycles. The van der Waals surface area contributed by atoms with Crippen LogP contribution < -0.4 is 16.0 Å². The van der Waals surface area contributed by atoms with Crippen LogP contribution >= 0.6 is 11.8 Å². The van der Waals surface area contributed by atoms with Crippen LogP contribution in [0.3, 0.4) is 0 Å². The van der Waals surface area contributed by atoms with E-state index in [2.05, 4.69) is 10.6 Å². The molecule has 27 heavy (non-hydrogen) atoms. The van der Waals surface area contributed by atoms with Crippen LogP contribution in [0.2, 0.25) is 0 Å². The number of nitrogens with one attached hydrogen (secondary N) is 2. The van der Waals surface area contributed by atoms with Gasteiger partial charge in [0.15, 0.2) is 0 Å². The Morgan fingerprint density at radius 3 is 2.59 bits per heavy atom. The maximum absolute atomic E-state index is 12.7. The van der Waals surface area contributed by atoms with Gasteiger partial charge in [-0.15, -0.1) is 18.2 Å². The molecule has 0 aliphatic heterocycles. The molecule has 1 amide bonds. The summed E-state index contributed by atoms with van der Waals surface area (Å²) in [4.78, 5) is 21.8. The molecule has 146 valence electrons. The smallest absolute Gasteiger partial charge is 0.284 e. The van der Waals surface area contributed by atoms with E-state index in [1.54, 1.807) is 0 Å². The van der Waals surface area contributed by atoms with E-state index >= 15 is 0 Å². The van der Waals surface area contributed by atoms with Gasteiger partial charge in [-0.2, -0.15) is 4.72 Å². The first-order valence-corrected chi connectivity index (χ1v) is 10.6. The molecule has 0 aromatic heterocycles. The van der Waals surface area contributed by atoms with Gasteiger partial charge in [0.2, 0.25) is 15.9 Å². The zero-order valence-corrected chi connectivity index (χ0v) is 16.1. The third-order valence-corrected chi connectivity index (χ3v) is 6.87. The maximum Gasteiger partial charge on any atom is 0.284 e. The lowest BCUT2D eigenvalue weighted by Crippen LogP contribution is -2.48. The summed E-state index contributed by atoms with van der Waals surface area (Å²) in [5, 5.41) is 11.3. The van der Waals surface area contributed by atoms with E-state index in [-0.39, 0.29) is 15.5 Å². The van der Waals surface area contributed by atoms with E-state index < -0.39 is 32.1 Å². The quantitative estimate of drug-likeness (QED) is 0.153. The van der Waals surface area contributed by atoms with E-state index in [4.69, 9.17) is 12.3 Å². The Hall–Kier alpha value is -2.13. The fourth-order valence-electron chi connectivity index (χ4n) is 2.86. The van der Waals surface area contributed by atoms with Gasteiger partial charge in [-0.1, -0.05) is 25.2 Å². The zero-order valence-electron chi connectivity index (χ0n) is 14.4. The van der Waals surface area contributed by atoms with Crippen LogP contribution in [0.4, 0.5) is 5.69 Å². The number of nitro groups is 1. The van der Waals surface area contributed by atoms with Gasteiger partial charge in [-0.25, -0.2) is 14.3 Å². The fraction of sp³-hybridized carbons (Fsp3) is 0.438. The highest BCUT2D eigenvalue weighted by Crippen LogP contribution is 2.33. The first-order chi connectivity index (χ1) is 12.7. The van der Waals surface area contributed by atoms with Crippen molar-refractivity contribution in [1.82, 2.24) is 10.1 Å². The number of hydrazine groups is 1. The highest BCUT2D eigenvalue weighted by atomic mass is 32.2. The van der Waals surface area contributed by atoms with Crippen molar-refractivity contribution in [3.63, 3.8) is 0 Å². The van der Waals surface area contributed by atoms with E-state index in [9.17, 15) is 23.3 Å². The van der Waals surface area contributed by atoms with Gasteiger partial charge < -0.3 is 0 Å². The highest BCUT2D eigenvalue weighted by Gasteiger charge is 2.35. The summed E-state index contributed by atoms with van der Waals surface area (Å²) < 4.78 is 28.0. The summed E-state index contributed by atoms with van der Waals surface area (Å²) >= 11 is 0.886. The first-order valence-electron chi connectivity index (χ1n) is 8.15. The molecule has 0 spiro atoms. The van der Waals surface area contributed by atoms with Gasteiger partial charge in [0.25, 0.3) is 5.69 Å². The number of hydrogen-bond donors (Lipinski definition) is 3. The van der Waals surface area contributed by atoms with Crippen molar-refractivity contribution in [2.45, 2.75) is 47.4 Å². The van der Waals surface area contributed by atoms with Gasteiger partial charge in [0.1, 0.15) is 0 Å². The van der Waals surface area contributed by atoms with Crippen molar-refractivity contribution in [3.8, 4) is 12.3 Å². The molecule has 0 unspecified atom stereocenters. The minimum atomic E-state index is -4.04. The third kappa shape index (κ3) is 5.20. The van der Waals surface area contributed by atoms with Crippen LogP contribution in [0.25, 0.3) is 0 Å². The molecule has 1 fully saturated rings. The molecular weight excluding hydrogens is 392 g/mol. The van der Waals surface area contributed by atoms with Crippen molar-refractivity contribution in [2.24, 2.45) is 5.84 Å². The molecule has 1 aromatic carbocycles. The van der Waals surface area contributed by atoms with Crippen LogP contribution in [0.15, 0.2) is 28.0 Å². The second-order valence-electron chi connectivity index (χ2n) is 6.14. The molecule has 4 N–H and O–H groups in total. The monoisotopic (exact) mass is 412 g/mol. The van der Waals surface area contributed by atoms with Crippen LogP contribution in [0.1, 0.15) is 32.1 Å². The molecule has 1 saturated carbocycles. The van der Waals surface area contributed by atoms with Gasteiger partial charge in [-0.05, 0) is 25.0 Å². The summed E-state index contributed by atoms with van der Waals surface area (Å²) in [6, 6.07) is 3.52. The van der Waals surface area contributed by atoms with E-state index in [1.165, 1.54) is 12.1 Å². The molecule has 1 aromatic rings. The molecule has 0 bridgehead atoms. The molecule has 1 aliphatic rings. The standard InChI is InChI=1S/C16H20N4O5S2/c1-2-16(8-4-3-5-9-16)19-27(24,25)12-6-7-14(13(10-12)20(22)23)26-11-15(21)18-17/h1,6-7,10,19H,3-5,8-9,11,17H2,(H,18,21). The zero-order chi connectivity index (χ0) is 20.1. The fourth-order valence-corrected chi connectivity index (χ4v) is 5.09. The van der Waals surface area contributed by atoms with E-state index in [1.807, 2.05) is 5.43 Å². The largest absolute Gasteiger partial charge is 0.294 e. The lowest BCUT2D eigenvalue weighted by Gasteiger charge is -2.32. The Morgan fingerprint density at radius 2 is 2.04 bits per heavy atom. The van der Waals surface area contributed by atoms with Crippen molar-refractivity contribution in [3.05, 3.63) is 28.3 Å². The topological polar surface area (TPSA) is 144 Å². The molecule has 0 radical (unpaired) electrons. The number of benzene rings is 1. The molecule has 2 rings (SSSR count). The Morgan fingerprint density at radius 1 is 1.37 bits per heavy atom. The Labute approximate surface area is 161 Å². The summed E-state index contributed by atoms with van der Waals surface area (Å²) in [6.45, 7) is 0. The number of amides is 1. The van der Waals surface area contributed by atoms with Crippen molar-refractivity contribution >= 4 is 33.4 Å². The average molecular weight is 412 g/mol. The Kier molecular flexibility index (Phi) is 6.83. The number of terminal acetylenes is 1. The Bertz CT molecular complexity index is 873. The summed E-state index contributed by atoms with van der Waals surface area (Å²) in [6.07, 6.45) is 9.22. The predicted molar refractivity (Wildman–Crippen MR) is 101 cm³/mol. The van der Waals surface area contributed by atoms with E-state index in [0.717, 1.165) is 37.1 Å². The number of rotatable bonds is 7. The second kappa shape index (κ2) is 8.71. The molecule has 1 aliphatic carbocycles. The number of carbonyl (C=O) groups excluding carboxylic acids is 1. The second-order valence-corrected chi connectivity index (χ2v) is 8.84. The number of nitrogens with two attached hydrogens (primary N) is 1. The summed E-state index contributed by atoms with van der Waals surface area (Å²) in [5.41, 5.74) is 0.537. The van der Waals surface area contributed by atoms with Gasteiger partial charge in [0.05, 0.1) is 26.0 Å². The van der Waals surface area contributed by atoms with Crippen LogP contribution in [0, 0.1) is 22.5 Å². The minimum Gasteiger partial charge on any atom is -0.294 e. The number of hydrogen-bond acceptors (Lipinski definition) is 7. The van der Waals surface area contributed by atoms with Crippen molar-refractivity contribution in [1.29, 1.82) is 0 Å². The van der Waals surface area contributed by atoms with Crippen LogP contribution in [-0.2, 0) is 14.8 Å². The van der Waals surface area contributed by atoms with Gasteiger partial charge in [-0.3, -0.25) is 20.3 Å². The van der Waals surface area contributed by atoms with Crippen molar-refractivity contribution < 1.29 is 18.1 Å².